The molecule has 0 saturated carbocycles. The van der Waals surface area contributed by atoms with Crippen LogP contribution in [-0.2, 0) is 19.0 Å². The zero-order chi connectivity index (χ0) is 24.0. The summed E-state index contributed by atoms with van der Waals surface area (Å²) in [5, 5.41) is 2.68. The van der Waals surface area contributed by atoms with E-state index >= 15 is 0 Å². The van der Waals surface area contributed by atoms with Crippen molar-refractivity contribution < 1.29 is 23.8 Å². The van der Waals surface area contributed by atoms with Crippen LogP contribution < -0.4 is 16.2 Å². The monoisotopic (exact) mass is 490 g/mol. The Labute approximate surface area is 198 Å². The lowest BCUT2D eigenvalue weighted by molar-refractivity contribution is -0.197. The number of anilines is 1. The number of likely N-dealkylation sites (N-methyl/N-ethyl adjacent to an activating group) is 1. The molecule has 2 aliphatic heterocycles. The number of rotatable bonds is 6. The van der Waals surface area contributed by atoms with Gasteiger partial charge in [0.2, 0.25) is 5.28 Å². The van der Waals surface area contributed by atoms with Gasteiger partial charge in [-0.25, -0.2) is 4.98 Å². The summed E-state index contributed by atoms with van der Waals surface area (Å²) in [6.45, 7) is 5.82. The standard InChI is InChI=1S/C20H23ClN8O5/c1-4-22-17(31)12-11-13(34-20(2,3)33-11)18(32-12)29-8-24-10-14(25-19(21)26-15(10)29)27-28-16(30)9-6-5-7-23-9/h5-8,11-13,18,23H,4H2,1-3H3,(H,22,31)(H,28,30)(H,25,26,27)/t11?,12?,13-,18?/m1/s1. The van der Waals surface area contributed by atoms with Crippen LogP contribution in [0.15, 0.2) is 24.7 Å². The summed E-state index contributed by atoms with van der Waals surface area (Å²) >= 11 is 6.17. The number of halogens is 1. The first-order valence-electron chi connectivity index (χ1n) is 10.7. The van der Waals surface area contributed by atoms with Gasteiger partial charge in [-0.1, -0.05) is 0 Å². The minimum Gasteiger partial charge on any atom is -0.357 e. The number of aromatic nitrogens is 5. The summed E-state index contributed by atoms with van der Waals surface area (Å²) < 4.78 is 19.7. The Morgan fingerprint density at radius 2 is 2.06 bits per heavy atom. The van der Waals surface area contributed by atoms with Crippen molar-refractivity contribution in [2.75, 3.05) is 12.0 Å². The number of hydrogen-bond acceptors (Lipinski definition) is 9. The fourth-order valence-electron chi connectivity index (χ4n) is 4.10. The lowest BCUT2D eigenvalue weighted by Crippen LogP contribution is -2.42. The highest BCUT2D eigenvalue weighted by Crippen LogP contribution is 2.44. The van der Waals surface area contributed by atoms with Crippen molar-refractivity contribution in [1.29, 1.82) is 0 Å². The Morgan fingerprint density at radius 1 is 1.26 bits per heavy atom. The Morgan fingerprint density at radius 3 is 2.79 bits per heavy atom. The molecule has 5 heterocycles. The predicted octanol–water partition coefficient (Wildman–Crippen LogP) is 1.12. The summed E-state index contributed by atoms with van der Waals surface area (Å²) in [6, 6.07) is 3.33. The molecule has 2 aliphatic rings. The third-order valence-electron chi connectivity index (χ3n) is 5.44. The number of hydrazine groups is 1. The second kappa shape index (κ2) is 8.51. The highest BCUT2D eigenvalue weighted by Gasteiger charge is 2.58. The van der Waals surface area contributed by atoms with E-state index in [-0.39, 0.29) is 17.0 Å². The van der Waals surface area contributed by atoms with Crippen LogP contribution in [0.4, 0.5) is 5.82 Å². The van der Waals surface area contributed by atoms with Crippen LogP contribution in [0.2, 0.25) is 5.28 Å². The molecule has 3 unspecified atom stereocenters. The van der Waals surface area contributed by atoms with Gasteiger partial charge in [-0.2, -0.15) is 9.97 Å². The Hall–Kier alpha value is -3.26. The second-order valence-electron chi connectivity index (χ2n) is 8.23. The molecular formula is C20H23ClN8O5. The number of amides is 2. The van der Waals surface area contributed by atoms with Crippen molar-refractivity contribution in [2.24, 2.45) is 0 Å². The quantitative estimate of drug-likeness (QED) is 0.293. The molecule has 180 valence electrons. The van der Waals surface area contributed by atoms with Crippen molar-refractivity contribution in [3.63, 3.8) is 0 Å². The van der Waals surface area contributed by atoms with E-state index in [0.29, 0.717) is 23.4 Å². The maximum absolute atomic E-state index is 12.6. The smallest absolute Gasteiger partial charge is 0.286 e. The van der Waals surface area contributed by atoms with Crippen molar-refractivity contribution >= 4 is 40.4 Å². The van der Waals surface area contributed by atoms with Gasteiger partial charge in [0.1, 0.15) is 17.9 Å². The Bertz CT molecular complexity index is 1230. The van der Waals surface area contributed by atoms with Gasteiger partial charge in [0.15, 0.2) is 35.1 Å². The van der Waals surface area contributed by atoms with Crippen LogP contribution in [0.5, 0.6) is 0 Å². The topological polar surface area (TPSA) is 157 Å². The largest absolute Gasteiger partial charge is 0.357 e. The second-order valence-corrected chi connectivity index (χ2v) is 8.57. The normalized spacial score (nSPS) is 25.3. The highest BCUT2D eigenvalue weighted by molar-refractivity contribution is 6.28. The van der Waals surface area contributed by atoms with Gasteiger partial charge in [0, 0.05) is 12.7 Å². The maximum atomic E-state index is 12.6. The van der Waals surface area contributed by atoms with Crippen molar-refractivity contribution in [1.82, 2.24) is 35.2 Å². The van der Waals surface area contributed by atoms with Gasteiger partial charge in [-0.3, -0.25) is 25.0 Å². The number of ether oxygens (including phenoxy) is 3. The molecule has 13 nitrogen and oxygen atoms in total. The van der Waals surface area contributed by atoms with Crippen molar-refractivity contribution in [3.05, 3.63) is 35.6 Å². The number of carbonyl (C=O) groups excluding carboxylic acids is 2. The number of imidazole rings is 1. The number of aromatic amines is 1. The Kier molecular flexibility index (Phi) is 5.64. The fraction of sp³-hybridized carbons (Fsp3) is 0.450. The molecular weight excluding hydrogens is 468 g/mol. The number of fused-ring (bicyclic) bond motifs is 2. The summed E-state index contributed by atoms with van der Waals surface area (Å²) in [4.78, 5) is 40.5. The number of nitrogens with zero attached hydrogens (tertiary/aromatic N) is 4. The first-order chi connectivity index (χ1) is 16.3. The summed E-state index contributed by atoms with van der Waals surface area (Å²) in [7, 11) is 0. The van der Waals surface area contributed by atoms with Crippen LogP contribution in [0.1, 0.15) is 37.5 Å². The fourth-order valence-corrected chi connectivity index (χ4v) is 4.27. The first-order valence-corrected chi connectivity index (χ1v) is 11.0. The average Bonchev–Trinajstić information content (AvgIpc) is 3.55. The molecule has 0 bridgehead atoms. The van der Waals surface area contributed by atoms with Crippen molar-refractivity contribution in [3.8, 4) is 0 Å². The summed E-state index contributed by atoms with van der Waals surface area (Å²) in [6.07, 6.45) is 0.247. The number of hydrogen-bond donors (Lipinski definition) is 4. The van der Waals surface area contributed by atoms with Gasteiger partial charge >= 0.3 is 0 Å². The molecule has 0 aromatic carbocycles. The van der Waals surface area contributed by atoms with E-state index in [4.69, 9.17) is 25.8 Å². The first kappa shape index (κ1) is 22.5. The number of H-pyrrole nitrogens is 1. The van der Waals surface area contributed by atoms with Crippen LogP contribution in [0.25, 0.3) is 11.2 Å². The van der Waals surface area contributed by atoms with Gasteiger partial charge < -0.3 is 24.5 Å². The molecule has 14 heteroatoms. The van der Waals surface area contributed by atoms with Crippen molar-refractivity contribution in [2.45, 2.75) is 51.1 Å². The lowest BCUT2D eigenvalue weighted by Gasteiger charge is -2.24. The van der Waals surface area contributed by atoms with Gasteiger partial charge in [0.05, 0.1) is 6.33 Å². The van der Waals surface area contributed by atoms with Crippen LogP contribution in [0, 0.1) is 0 Å². The van der Waals surface area contributed by atoms with E-state index in [9.17, 15) is 9.59 Å². The molecule has 0 radical (unpaired) electrons. The lowest BCUT2D eigenvalue weighted by atomic mass is 10.1. The molecule has 0 spiro atoms. The van der Waals surface area contributed by atoms with Gasteiger partial charge in [-0.05, 0) is 44.5 Å². The highest BCUT2D eigenvalue weighted by atomic mass is 35.5. The van der Waals surface area contributed by atoms with Crippen LogP contribution in [0.3, 0.4) is 0 Å². The van der Waals surface area contributed by atoms with E-state index in [1.807, 2.05) is 6.92 Å². The third kappa shape index (κ3) is 3.96. The molecule has 34 heavy (non-hydrogen) atoms. The van der Waals surface area contributed by atoms with E-state index in [1.54, 1.807) is 36.7 Å². The molecule has 0 aliphatic carbocycles. The SMILES string of the molecule is CCNC(=O)C1OC(n2cnc3c(NNC(=O)c4ccc[nH]4)nc(Cl)nc32)[C@@H]2OC(C)(C)OC12. The van der Waals surface area contributed by atoms with Crippen LogP contribution >= 0.6 is 11.6 Å². The van der Waals surface area contributed by atoms with Gasteiger partial charge in [-0.15, -0.1) is 0 Å². The van der Waals surface area contributed by atoms with E-state index in [1.165, 1.54) is 6.33 Å². The summed E-state index contributed by atoms with van der Waals surface area (Å²) in [5.41, 5.74) is 6.28. The number of carbonyl (C=O) groups is 2. The minimum absolute atomic E-state index is 0.0791. The van der Waals surface area contributed by atoms with E-state index in [0.717, 1.165) is 0 Å². The number of nitrogens with one attached hydrogen (secondary N) is 4. The van der Waals surface area contributed by atoms with Gasteiger partial charge in [0.25, 0.3) is 11.8 Å². The zero-order valence-electron chi connectivity index (χ0n) is 18.5. The zero-order valence-corrected chi connectivity index (χ0v) is 19.3. The molecule has 2 saturated heterocycles. The maximum Gasteiger partial charge on any atom is 0.286 e. The minimum atomic E-state index is -0.903. The molecule has 3 aromatic rings. The van der Waals surface area contributed by atoms with E-state index < -0.39 is 36.2 Å². The average molecular weight is 491 g/mol. The molecule has 2 fully saturated rings. The van der Waals surface area contributed by atoms with Crippen LogP contribution in [-0.4, -0.2) is 67.0 Å². The Balaban J connectivity index is 1.46. The molecule has 3 aromatic heterocycles. The molecule has 5 rings (SSSR count). The molecule has 4 atom stereocenters. The summed E-state index contributed by atoms with van der Waals surface area (Å²) in [5.74, 6) is -1.42. The third-order valence-corrected chi connectivity index (χ3v) is 5.61. The molecule has 4 N–H and O–H groups in total. The molecule has 2 amide bonds. The van der Waals surface area contributed by atoms with E-state index in [2.05, 4.69) is 36.1 Å². The predicted molar refractivity (Wildman–Crippen MR) is 119 cm³/mol.